The van der Waals surface area contributed by atoms with Crippen LogP contribution in [-0.2, 0) is 6.54 Å². The number of benzene rings is 2. The van der Waals surface area contributed by atoms with Crippen LogP contribution in [0.25, 0.3) is 0 Å². The minimum atomic E-state index is -0.268. The highest BCUT2D eigenvalue weighted by molar-refractivity contribution is 5.27. The molecule has 2 aromatic rings. The summed E-state index contributed by atoms with van der Waals surface area (Å²) in [5.74, 6) is 1.18. The molecule has 2 aromatic carbocycles. The van der Waals surface area contributed by atoms with Gasteiger partial charge in [0.2, 0.25) is 0 Å². The Morgan fingerprint density at radius 3 is 1.85 bits per heavy atom. The standard InChI is InChI=1S/C16H18FNO2/c1-18-12-13-2-6-15(7-3-13)19-10-11-20-16-8-4-14(17)5-9-16/h2-9,18H,10-12H2,1H3. The van der Waals surface area contributed by atoms with Gasteiger partial charge in [0.05, 0.1) is 0 Å². The molecule has 3 nitrogen and oxygen atoms in total. The molecule has 106 valence electrons. The molecule has 20 heavy (non-hydrogen) atoms. The van der Waals surface area contributed by atoms with Crippen molar-refractivity contribution < 1.29 is 13.9 Å². The normalized spacial score (nSPS) is 10.3. The number of halogens is 1. The van der Waals surface area contributed by atoms with Crippen molar-refractivity contribution in [3.05, 3.63) is 59.9 Å². The van der Waals surface area contributed by atoms with E-state index >= 15 is 0 Å². The molecule has 0 heterocycles. The van der Waals surface area contributed by atoms with Crippen LogP contribution in [0.5, 0.6) is 11.5 Å². The zero-order valence-corrected chi connectivity index (χ0v) is 11.4. The van der Waals surface area contributed by atoms with Crippen LogP contribution in [0.15, 0.2) is 48.5 Å². The summed E-state index contributed by atoms with van der Waals surface area (Å²) in [5.41, 5.74) is 1.21. The SMILES string of the molecule is CNCc1ccc(OCCOc2ccc(F)cc2)cc1. The summed E-state index contributed by atoms with van der Waals surface area (Å²) in [6.07, 6.45) is 0. The molecule has 0 amide bonds. The van der Waals surface area contributed by atoms with Gasteiger partial charge in [-0.1, -0.05) is 12.1 Å². The lowest BCUT2D eigenvalue weighted by atomic mass is 10.2. The summed E-state index contributed by atoms with van der Waals surface area (Å²) >= 11 is 0. The minimum absolute atomic E-state index is 0.268. The van der Waals surface area contributed by atoms with Crippen molar-refractivity contribution in [2.75, 3.05) is 20.3 Å². The number of ether oxygens (including phenoxy) is 2. The van der Waals surface area contributed by atoms with E-state index in [0.29, 0.717) is 19.0 Å². The Morgan fingerprint density at radius 2 is 1.35 bits per heavy atom. The Balaban J connectivity index is 1.71. The topological polar surface area (TPSA) is 30.5 Å². The first-order chi connectivity index (χ1) is 9.78. The lowest BCUT2D eigenvalue weighted by molar-refractivity contribution is 0.217. The molecular formula is C16H18FNO2. The molecule has 0 saturated carbocycles. The van der Waals surface area contributed by atoms with E-state index in [-0.39, 0.29) is 5.82 Å². The summed E-state index contributed by atoms with van der Waals surface area (Å²) in [6, 6.07) is 13.9. The number of rotatable bonds is 7. The molecule has 0 atom stereocenters. The van der Waals surface area contributed by atoms with E-state index in [2.05, 4.69) is 5.32 Å². The van der Waals surface area contributed by atoms with Crippen LogP contribution in [0.3, 0.4) is 0 Å². The van der Waals surface area contributed by atoms with Crippen LogP contribution in [0, 0.1) is 5.82 Å². The lowest BCUT2D eigenvalue weighted by Crippen LogP contribution is -2.09. The van der Waals surface area contributed by atoms with Gasteiger partial charge in [-0.15, -0.1) is 0 Å². The smallest absolute Gasteiger partial charge is 0.123 e. The van der Waals surface area contributed by atoms with Crippen LogP contribution in [-0.4, -0.2) is 20.3 Å². The van der Waals surface area contributed by atoms with Crippen LogP contribution >= 0.6 is 0 Å². The van der Waals surface area contributed by atoms with Gasteiger partial charge in [-0.05, 0) is 49.0 Å². The Hall–Kier alpha value is -2.07. The molecule has 0 fully saturated rings. The summed E-state index contributed by atoms with van der Waals surface area (Å²) in [7, 11) is 1.91. The predicted octanol–water partition coefficient (Wildman–Crippen LogP) is 3.00. The Morgan fingerprint density at radius 1 is 0.850 bits per heavy atom. The van der Waals surface area contributed by atoms with Crippen molar-refractivity contribution in [3.8, 4) is 11.5 Å². The fourth-order valence-electron chi connectivity index (χ4n) is 1.76. The second-order valence-corrected chi connectivity index (χ2v) is 4.33. The van der Waals surface area contributed by atoms with Gasteiger partial charge in [-0.2, -0.15) is 0 Å². The third kappa shape index (κ3) is 4.55. The maximum Gasteiger partial charge on any atom is 0.123 e. The molecule has 2 rings (SSSR count). The van der Waals surface area contributed by atoms with Gasteiger partial charge in [0, 0.05) is 6.54 Å². The van der Waals surface area contributed by atoms with Crippen LogP contribution < -0.4 is 14.8 Å². The molecule has 0 aliphatic carbocycles. The monoisotopic (exact) mass is 275 g/mol. The van der Waals surface area contributed by atoms with Crippen molar-refractivity contribution >= 4 is 0 Å². The van der Waals surface area contributed by atoms with Gasteiger partial charge in [-0.3, -0.25) is 0 Å². The molecule has 0 radical (unpaired) electrons. The minimum Gasteiger partial charge on any atom is -0.490 e. The third-order valence-electron chi connectivity index (χ3n) is 2.74. The van der Waals surface area contributed by atoms with Crippen LogP contribution in [0.4, 0.5) is 4.39 Å². The maximum atomic E-state index is 12.7. The van der Waals surface area contributed by atoms with Gasteiger partial charge in [0.25, 0.3) is 0 Å². The Kier molecular flexibility index (Phi) is 5.38. The lowest BCUT2D eigenvalue weighted by Gasteiger charge is -2.09. The second kappa shape index (κ2) is 7.50. The first-order valence-electron chi connectivity index (χ1n) is 6.52. The highest BCUT2D eigenvalue weighted by Crippen LogP contribution is 2.13. The fourth-order valence-corrected chi connectivity index (χ4v) is 1.76. The summed E-state index contributed by atoms with van der Waals surface area (Å²) in [5, 5.41) is 3.09. The van der Waals surface area contributed by atoms with E-state index in [1.165, 1.54) is 17.7 Å². The van der Waals surface area contributed by atoms with E-state index in [1.54, 1.807) is 12.1 Å². The fraction of sp³-hybridized carbons (Fsp3) is 0.250. The molecule has 0 aliphatic heterocycles. The summed E-state index contributed by atoms with van der Waals surface area (Å²) in [6.45, 7) is 1.71. The summed E-state index contributed by atoms with van der Waals surface area (Å²) < 4.78 is 23.7. The molecule has 0 aliphatic rings. The van der Waals surface area contributed by atoms with Crippen molar-refractivity contribution in [2.24, 2.45) is 0 Å². The highest BCUT2D eigenvalue weighted by Gasteiger charge is 1.97. The van der Waals surface area contributed by atoms with Gasteiger partial charge in [-0.25, -0.2) is 4.39 Å². The number of hydrogen-bond donors (Lipinski definition) is 1. The van der Waals surface area contributed by atoms with E-state index in [0.717, 1.165) is 12.3 Å². The average Bonchev–Trinajstić information content (AvgIpc) is 2.47. The molecule has 0 bridgehead atoms. The maximum absolute atomic E-state index is 12.7. The van der Waals surface area contributed by atoms with Gasteiger partial charge in [0.15, 0.2) is 0 Å². The number of hydrogen-bond acceptors (Lipinski definition) is 3. The van der Waals surface area contributed by atoms with E-state index in [9.17, 15) is 4.39 Å². The Bertz CT molecular complexity index is 511. The summed E-state index contributed by atoms with van der Waals surface area (Å²) in [4.78, 5) is 0. The molecule has 0 unspecified atom stereocenters. The van der Waals surface area contributed by atoms with Crippen molar-refractivity contribution in [1.82, 2.24) is 5.32 Å². The molecule has 0 aromatic heterocycles. The quantitative estimate of drug-likeness (QED) is 0.788. The van der Waals surface area contributed by atoms with E-state index in [1.807, 2.05) is 31.3 Å². The van der Waals surface area contributed by atoms with Gasteiger partial charge < -0.3 is 14.8 Å². The van der Waals surface area contributed by atoms with Crippen molar-refractivity contribution in [2.45, 2.75) is 6.54 Å². The largest absolute Gasteiger partial charge is 0.490 e. The molecule has 0 saturated heterocycles. The number of nitrogens with one attached hydrogen (secondary N) is 1. The van der Waals surface area contributed by atoms with Crippen LogP contribution in [0.2, 0.25) is 0 Å². The van der Waals surface area contributed by atoms with Crippen molar-refractivity contribution in [3.63, 3.8) is 0 Å². The van der Waals surface area contributed by atoms with Gasteiger partial charge >= 0.3 is 0 Å². The first-order valence-corrected chi connectivity index (χ1v) is 6.52. The highest BCUT2D eigenvalue weighted by atomic mass is 19.1. The van der Waals surface area contributed by atoms with E-state index in [4.69, 9.17) is 9.47 Å². The molecule has 4 heteroatoms. The molecule has 0 spiro atoms. The van der Waals surface area contributed by atoms with Crippen LogP contribution in [0.1, 0.15) is 5.56 Å². The second-order valence-electron chi connectivity index (χ2n) is 4.33. The van der Waals surface area contributed by atoms with E-state index < -0.39 is 0 Å². The third-order valence-corrected chi connectivity index (χ3v) is 2.74. The Labute approximate surface area is 118 Å². The zero-order valence-electron chi connectivity index (χ0n) is 11.4. The predicted molar refractivity (Wildman–Crippen MR) is 76.6 cm³/mol. The molecule has 1 N–H and O–H groups in total. The first kappa shape index (κ1) is 14.3. The molecular weight excluding hydrogens is 257 g/mol. The zero-order chi connectivity index (χ0) is 14.2. The van der Waals surface area contributed by atoms with Gasteiger partial charge in [0.1, 0.15) is 30.5 Å². The van der Waals surface area contributed by atoms with Crippen molar-refractivity contribution in [1.29, 1.82) is 0 Å². The average molecular weight is 275 g/mol.